The number of aliphatic carboxylic acids is 1. The zero-order chi connectivity index (χ0) is 19.2. The van der Waals surface area contributed by atoms with Gasteiger partial charge in [-0.25, -0.2) is 18.4 Å². The lowest BCUT2D eigenvalue weighted by Crippen LogP contribution is -2.44. The Hall–Kier alpha value is -2.38. The highest BCUT2D eigenvalue weighted by Crippen LogP contribution is 2.19. The molecule has 0 aliphatic heterocycles. The molecule has 0 spiro atoms. The van der Waals surface area contributed by atoms with Crippen LogP contribution in [0.15, 0.2) is 18.2 Å². The first kappa shape index (κ1) is 20.7. The molecule has 0 fully saturated rings. The zero-order valence-corrected chi connectivity index (χ0v) is 14.6. The number of nitrogens with one attached hydrogen (secondary N) is 1. The molecule has 0 aliphatic carbocycles. The van der Waals surface area contributed by atoms with E-state index in [4.69, 9.17) is 9.47 Å². The van der Waals surface area contributed by atoms with Gasteiger partial charge in [0.2, 0.25) is 0 Å². The molecule has 0 saturated carbocycles. The van der Waals surface area contributed by atoms with E-state index in [0.717, 1.165) is 0 Å². The van der Waals surface area contributed by atoms with Gasteiger partial charge in [-0.3, -0.25) is 0 Å². The first-order valence-corrected chi connectivity index (χ1v) is 7.70. The second-order valence-corrected chi connectivity index (χ2v) is 6.53. The third-order valence-corrected chi connectivity index (χ3v) is 3.10. The summed E-state index contributed by atoms with van der Waals surface area (Å²) in [6.45, 7) is 6.01. The molecule has 6 nitrogen and oxygen atoms in total. The number of hydrogen-bond donors (Lipinski definition) is 2. The Morgan fingerprint density at radius 2 is 1.92 bits per heavy atom. The van der Waals surface area contributed by atoms with Crippen molar-refractivity contribution in [3.63, 3.8) is 0 Å². The van der Waals surface area contributed by atoms with Crippen LogP contribution in [0.1, 0.15) is 31.9 Å². The summed E-state index contributed by atoms with van der Waals surface area (Å²) in [6.07, 6.45) is -3.38. The highest BCUT2D eigenvalue weighted by atomic mass is 19.3. The average Bonchev–Trinajstić information content (AvgIpc) is 2.44. The summed E-state index contributed by atoms with van der Waals surface area (Å²) in [5.41, 5.74) is 0.573. The van der Waals surface area contributed by atoms with Crippen LogP contribution in [0.3, 0.4) is 0 Å². The third kappa shape index (κ3) is 7.82. The van der Waals surface area contributed by atoms with E-state index in [1.165, 1.54) is 6.07 Å². The molecule has 8 heteroatoms. The molecule has 1 unspecified atom stereocenters. The van der Waals surface area contributed by atoms with E-state index in [2.05, 4.69) is 5.32 Å². The van der Waals surface area contributed by atoms with E-state index in [1.54, 1.807) is 39.8 Å². The number of benzene rings is 1. The number of halogens is 2. The SMILES string of the molecule is Cc1cc(OCC(F)F)ccc1CC(NC(=O)OC(C)(C)C)C(=O)O. The van der Waals surface area contributed by atoms with Crippen LogP contribution >= 0.6 is 0 Å². The minimum Gasteiger partial charge on any atom is -0.488 e. The Labute approximate surface area is 145 Å². The summed E-state index contributed by atoms with van der Waals surface area (Å²) in [5.74, 6) is -0.934. The molecule has 0 aliphatic rings. The van der Waals surface area contributed by atoms with Crippen molar-refractivity contribution in [3.8, 4) is 5.75 Å². The van der Waals surface area contributed by atoms with Gasteiger partial charge in [-0.15, -0.1) is 0 Å². The van der Waals surface area contributed by atoms with Crippen molar-refractivity contribution in [1.29, 1.82) is 0 Å². The summed E-state index contributed by atoms with van der Waals surface area (Å²) in [5, 5.41) is 11.6. The Kier molecular flexibility index (Phi) is 7.14. The van der Waals surface area contributed by atoms with Gasteiger partial charge in [-0.1, -0.05) is 6.07 Å². The summed E-state index contributed by atoms with van der Waals surface area (Å²) < 4.78 is 34.3. The van der Waals surface area contributed by atoms with Crippen LogP contribution < -0.4 is 10.1 Å². The number of carbonyl (C=O) groups is 2. The largest absolute Gasteiger partial charge is 0.488 e. The van der Waals surface area contributed by atoms with Crippen molar-refractivity contribution in [2.45, 2.75) is 52.2 Å². The van der Waals surface area contributed by atoms with Crippen LogP contribution in [0.5, 0.6) is 5.75 Å². The van der Waals surface area contributed by atoms with Gasteiger partial charge in [0.15, 0.2) is 0 Å². The predicted octanol–water partition coefficient (Wildman–Crippen LogP) is 3.16. The minimum atomic E-state index is -2.57. The highest BCUT2D eigenvalue weighted by Gasteiger charge is 2.24. The summed E-state index contributed by atoms with van der Waals surface area (Å²) >= 11 is 0. The number of ether oxygens (including phenoxy) is 2. The number of rotatable bonds is 7. The first-order chi connectivity index (χ1) is 11.5. The van der Waals surface area contributed by atoms with Crippen LogP contribution in [-0.4, -0.2) is 41.8 Å². The molecule has 1 aromatic carbocycles. The van der Waals surface area contributed by atoms with Crippen molar-refractivity contribution in [2.75, 3.05) is 6.61 Å². The maximum Gasteiger partial charge on any atom is 0.408 e. The maximum absolute atomic E-state index is 12.2. The molecular weight excluding hydrogens is 336 g/mol. The van der Waals surface area contributed by atoms with Crippen LogP contribution in [0.4, 0.5) is 13.6 Å². The molecule has 140 valence electrons. The van der Waals surface area contributed by atoms with Crippen molar-refractivity contribution >= 4 is 12.1 Å². The molecule has 0 saturated heterocycles. The van der Waals surface area contributed by atoms with E-state index in [9.17, 15) is 23.5 Å². The molecule has 1 atom stereocenters. The van der Waals surface area contributed by atoms with Gasteiger partial charge in [-0.2, -0.15) is 0 Å². The van der Waals surface area contributed by atoms with E-state index in [-0.39, 0.29) is 12.2 Å². The Bertz CT molecular complexity index is 614. The Morgan fingerprint density at radius 1 is 1.28 bits per heavy atom. The maximum atomic E-state index is 12.2. The quantitative estimate of drug-likeness (QED) is 0.781. The van der Waals surface area contributed by atoms with Gasteiger partial charge >= 0.3 is 12.1 Å². The monoisotopic (exact) mass is 359 g/mol. The van der Waals surface area contributed by atoms with Crippen molar-refractivity contribution in [3.05, 3.63) is 29.3 Å². The fraction of sp³-hybridized carbons (Fsp3) is 0.529. The highest BCUT2D eigenvalue weighted by molar-refractivity contribution is 5.80. The van der Waals surface area contributed by atoms with E-state index >= 15 is 0 Å². The molecular formula is C17H23F2NO5. The van der Waals surface area contributed by atoms with Gasteiger partial charge in [0, 0.05) is 6.42 Å². The zero-order valence-electron chi connectivity index (χ0n) is 14.6. The second-order valence-electron chi connectivity index (χ2n) is 6.53. The standard InChI is InChI=1S/C17H23F2NO5/c1-10-7-12(24-9-14(18)19)6-5-11(10)8-13(15(21)22)20-16(23)25-17(2,3)4/h5-7,13-14H,8-9H2,1-4H3,(H,20,23)(H,21,22). The smallest absolute Gasteiger partial charge is 0.408 e. The van der Waals surface area contributed by atoms with E-state index in [1.807, 2.05) is 0 Å². The lowest BCUT2D eigenvalue weighted by atomic mass is 10.0. The van der Waals surface area contributed by atoms with Gasteiger partial charge in [0.25, 0.3) is 6.43 Å². The summed E-state index contributed by atoms with van der Waals surface area (Å²) in [6, 6.07) is 3.44. The van der Waals surface area contributed by atoms with Crippen molar-refractivity contribution in [2.24, 2.45) is 0 Å². The lowest BCUT2D eigenvalue weighted by Gasteiger charge is -2.22. The normalized spacial score (nSPS) is 12.6. The molecule has 0 aromatic heterocycles. The number of aryl methyl sites for hydroxylation is 1. The number of carbonyl (C=O) groups excluding carboxylic acids is 1. The van der Waals surface area contributed by atoms with Crippen molar-refractivity contribution in [1.82, 2.24) is 5.32 Å². The summed E-state index contributed by atoms with van der Waals surface area (Å²) in [4.78, 5) is 23.1. The van der Waals surface area contributed by atoms with E-state index in [0.29, 0.717) is 11.1 Å². The number of alkyl carbamates (subject to hydrolysis) is 1. The fourth-order valence-electron chi connectivity index (χ4n) is 2.02. The Balaban J connectivity index is 2.78. The number of amides is 1. The third-order valence-electron chi connectivity index (χ3n) is 3.10. The average molecular weight is 359 g/mol. The molecule has 1 amide bonds. The second kappa shape index (κ2) is 8.64. The molecule has 2 N–H and O–H groups in total. The van der Waals surface area contributed by atoms with Crippen LogP contribution in [0.25, 0.3) is 0 Å². The minimum absolute atomic E-state index is 0.0233. The molecule has 0 bridgehead atoms. The number of carboxylic acids is 1. The molecule has 1 aromatic rings. The van der Waals surface area contributed by atoms with Crippen molar-refractivity contribution < 1.29 is 33.0 Å². The predicted molar refractivity (Wildman–Crippen MR) is 87.2 cm³/mol. The molecule has 1 rings (SSSR count). The van der Waals surface area contributed by atoms with E-state index < -0.39 is 36.7 Å². The number of hydrogen-bond acceptors (Lipinski definition) is 4. The lowest BCUT2D eigenvalue weighted by molar-refractivity contribution is -0.139. The van der Waals surface area contributed by atoms with Gasteiger partial charge in [0.05, 0.1) is 0 Å². The molecule has 0 radical (unpaired) electrons. The van der Waals surface area contributed by atoms with Crippen LogP contribution in [0.2, 0.25) is 0 Å². The van der Waals surface area contributed by atoms with Gasteiger partial charge in [-0.05, 0) is 51.0 Å². The number of carboxylic acid groups (broad SMARTS) is 1. The first-order valence-electron chi connectivity index (χ1n) is 7.70. The van der Waals surface area contributed by atoms with Gasteiger partial charge in [0.1, 0.15) is 24.0 Å². The summed E-state index contributed by atoms with van der Waals surface area (Å²) in [7, 11) is 0. The van der Waals surface area contributed by atoms with Gasteiger partial charge < -0.3 is 19.9 Å². The number of alkyl halides is 2. The molecule has 0 heterocycles. The van der Waals surface area contributed by atoms with Crippen LogP contribution in [0, 0.1) is 6.92 Å². The van der Waals surface area contributed by atoms with Crippen LogP contribution in [-0.2, 0) is 16.0 Å². The molecule has 25 heavy (non-hydrogen) atoms. The Morgan fingerprint density at radius 3 is 2.40 bits per heavy atom. The topological polar surface area (TPSA) is 84.9 Å². The fourth-order valence-corrected chi connectivity index (χ4v) is 2.02.